The molecule has 2 aromatic carbocycles. The van der Waals surface area contributed by atoms with E-state index in [1.165, 1.54) is 28.7 Å². The first-order valence-electron chi connectivity index (χ1n) is 17.0. The fourth-order valence-corrected chi connectivity index (χ4v) is 7.69. The number of hydrogen-bond acceptors (Lipinski definition) is 7. The second-order valence-electron chi connectivity index (χ2n) is 14.4. The van der Waals surface area contributed by atoms with Gasteiger partial charge < -0.3 is 20.7 Å². The first-order chi connectivity index (χ1) is 22.6. The molecule has 1 saturated heterocycles. The zero-order chi connectivity index (χ0) is 32.7. The number of likely N-dealkylation sites (N-methyl/N-ethyl adjacent to an activating group) is 1. The molecule has 47 heavy (non-hydrogen) atoms. The van der Waals surface area contributed by atoms with Gasteiger partial charge in [-0.3, -0.25) is 14.4 Å². The van der Waals surface area contributed by atoms with E-state index in [0.717, 1.165) is 62.1 Å². The SMILES string of the molecule is CN1CCN(C2CC(C)(C)c3cc(-c4ccc(CO[C@H]5CCC[C@@H]5NC(=O)c5cc(-c6cnn(C)c6)cnc5N)cc4)ccc32)CC1. The van der Waals surface area contributed by atoms with Crippen molar-refractivity contribution in [2.75, 3.05) is 39.0 Å². The maximum atomic E-state index is 13.3. The largest absolute Gasteiger partial charge is 0.383 e. The van der Waals surface area contributed by atoms with Gasteiger partial charge in [-0.05, 0) is 72.0 Å². The van der Waals surface area contributed by atoms with E-state index >= 15 is 0 Å². The summed E-state index contributed by atoms with van der Waals surface area (Å²) in [4.78, 5) is 22.7. The summed E-state index contributed by atoms with van der Waals surface area (Å²) in [7, 11) is 4.08. The highest BCUT2D eigenvalue weighted by Gasteiger charge is 2.40. The van der Waals surface area contributed by atoms with Crippen molar-refractivity contribution >= 4 is 11.7 Å². The van der Waals surface area contributed by atoms with Crippen LogP contribution >= 0.6 is 0 Å². The summed E-state index contributed by atoms with van der Waals surface area (Å²) in [5.41, 5.74) is 15.0. The first-order valence-corrected chi connectivity index (χ1v) is 17.0. The van der Waals surface area contributed by atoms with E-state index in [1.54, 1.807) is 23.1 Å². The summed E-state index contributed by atoms with van der Waals surface area (Å²) >= 11 is 0. The van der Waals surface area contributed by atoms with E-state index in [0.29, 0.717) is 18.2 Å². The normalized spacial score (nSPS) is 22.8. The monoisotopic (exact) mass is 633 g/mol. The number of fused-ring (bicyclic) bond motifs is 1. The van der Waals surface area contributed by atoms with Crippen molar-refractivity contribution in [3.8, 4) is 22.3 Å². The molecule has 3 heterocycles. The summed E-state index contributed by atoms with van der Waals surface area (Å²) in [5.74, 6) is -0.00884. The Morgan fingerprint density at radius 3 is 2.47 bits per heavy atom. The number of aryl methyl sites for hydroxylation is 1. The Balaban J connectivity index is 0.980. The summed E-state index contributed by atoms with van der Waals surface area (Å²) < 4.78 is 8.11. The van der Waals surface area contributed by atoms with Crippen LogP contribution in [-0.4, -0.2) is 75.8 Å². The number of aromatic nitrogens is 3. The van der Waals surface area contributed by atoms with Gasteiger partial charge in [0.2, 0.25) is 0 Å². The number of ether oxygens (including phenoxy) is 1. The molecular weight excluding hydrogens is 586 g/mol. The Morgan fingerprint density at radius 2 is 1.72 bits per heavy atom. The van der Waals surface area contributed by atoms with Crippen molar-refractivity contribution in [1.82, 2.24) is 29.9 Å². The quantitative estimate of drug-likeness (QED) is 0.262. The maximum absolute atomic E-state index is 13.3. The van der Waals surface area contributed by atoms with Crippen LogP contribution in [-0.2, 0) is 23.8 Å². The lowest BCUT2D eigenvalue weighted by Gasteiger charge is -2.37. The van der Waals surface area contributed by atoms with Gasteiger partial charge in [-0.2, -0.15) is 5.10 Å². The fourth-order valence-electron chi connectivity index (χ4n) is 7.69. The molecule has 1 aliphatic heterocycles. The number of anilines is 1. The van der Waals surface area contributed by atoms with Crippen molar-refractivity contribution in [2.24, 2.45) is 7.05 Å². The van der Waals surface area contributed by atoms with Crippen molar-refractivity contribution in [2.45, 2.75) is 69.7 Å². The molecule has 246 valence electrons. The van der Waals surface area contributed by atoms with E-state index in [4.69, 9.17) is 10.5 Å². The number of nitrogens with two attached hydrogens (primary N) is 1. The minimum Gasteiger partial charge on any atom is -0.383 e. The highest BCUT2D eigenvalue weighted by atomic mass is 16.5. The van der Waals surface area contributed by atoms with Crippen LogP contribution in [0, 0.1) is 0 Å². The van der Waals surface area contributed by atoms with E-state index in [1.807, 2.05) is 13.2 Å². The molecule has 3 N–H and O–H groups in total. The van der Waals surface area contributed by atoms with Crippen LogP contribution in [0.1, 0.15) is 72.6 Å². The number of pyridine rings is 1. The van der Waals surface area contributed by atoms with Crippen LogP contribution < -0.4 is 11.1 Å². The third-order valence-corrected chi connectivity index (χ3v) is 10.5. The van der Waals surface area contributed by atoms with Gasteiger partial charge in [0.25, 0.3) is 5.91 Å². The van der Waals surface area contributed by atoms with Gasteiger partial charge >= 0.3 is 0 Å². The molecule has 2 fully saturated rings. The lowest BCUT2D eigenvalue weighted by atomic mass is 9.85. The van der Waals surface area contributed by atoms with E-state index < -0.39 is 0 Å². The zero-order valence-electron chi connectivity index (χ0n) is 28.1. The molecule has 0 spiro atoms. The molecule has 0 radical (unpaired) electrons. The number of nitrogens with zero attached hydrogens (tertiary/aromatic N) is 5. The van der Waals surface area contributed by atoms with E-state index in [2.05, 4.69) is 88.6 Å². The second-order valence-corrected chi connectivity index (χ2v) is 14.4. The van der Waals surface area contributed by atoms with Crippen LogP contribution in [0.5, 0.6) is 0 Å². The molecule has 3 atom stereocenters. The predicted molar refractivity (Wildman–Crippen MR) is 186 cm³/mol. The Bertz CT molecular complexity index is 1740. The third-order valence-electron chi connectivity index (χ3n) is 10.5. The molecule has 0 bridgehead atoms. The molecule has 2 aliphatic carbocycles. The molecule has 4 aromatic rings. The van der Waals surface area contributed by atoms with Gasteiger partial charge in [-0.15, -0.1) is 0 Å². The number of rotatable bonds is 8. The lowest BCUT2D eigenvalue weighted by molar-refractivity contribution is 0.0272. The molecule has 7 rings (SSSR count). The topological polar surface area (TPSA) is 102 Å². The van der Waals surface area contributed by atoms with Crippen molar-refractivity contribution in [1.29, 1.82) is 0 Å². The number of hydrogen-bond donors (Lipinski definition) is 2. The van der Waals surface area contributed by atoms with Gasteiger partial charge in [-0.25, -0.2) is 4.98 Å². The number of carbonyl (C=O) groups is 1. The summed E-state index contributed by atoms with van der Waals surface area (Å²) in [6, 6.07) is 18.1. The van der Waals surface area contributed by atoms with E-state index in [9.17, 15) is 4.79 Å². The summed E-state index contributed by atoms with van der Waals surface area (Å²) in [5, 5.41) is 7.40. The smallest absolute Gasteiger partial charge is 0.255 e. The first kappa shape index (κ1) is 31.5. The Kier molecular flexibility index (Phi) is 8.63. The predicted octanol–water partition coefficient (Wildman–Crippen LogP) is 5.57. The fraction of sp³-hybridized carbons (Fsp3) is 0.447. The van der Waals surface area contributed by atoms with Crippen LogP contribution in [0.3, 0.4) is 0 Å². The minimum atomic E-state index is -0.224. The highest BCUT2D eigenvalue weighted by Crippen LogP contribution is 2.48. The van der Waals surface area contributed by atoms with Gasteiger partial charge in [0.15, 0.2) is 0 Å². The van der Waals surface area contributed by atoms with Crippen molar-refractivity contribution in [3.05, 3.63) is 89.4 Å². The number of amides is 1. The van der Waals surface area contributed by atoms with E-state index in [-0.39, 0.29) is 29.3 Å². The Labute approximate surface area is 278 Å². The Hall–Kier alpha value is -4.05. The molecule has 9 nitrogen and oxygen atoms in total. The molecule has 1 unspecified atom stereocenters. The molecule has 1 amide bonds. The average Bonchev–Trinajstić information content (AvgIpc) is 3.78. The lowest BCUT2D eigenvalue weighted by Crippen LogP contribution is -2.45. The van der Waals surface area contributed by atoms with Gasteiger partial charge in [0.1, 0.15) is 5.82 Å². The Morgan fingerprint density at radius 1 is 0.957 bits per heavy atom. The van der Waals surface area contributed by atoms with Crippen LogP contribution in [0.15, 0.2) is 67.1 Å². The number of benzene rings is 2. The van der Waals surface area contributed by atoms with Crippen LogP contribution in [0.25, 0.3) is 22.3 Å². The maximum Gasteiger partial charge on any atom is 0.255 e. The number of carbonyl (C=O) groups excluding carboxylic acids is 1. The number of nitrogens with one attached hydrogen (secondary N) is 1. The molecular formula is C38H47N7O2. The summed E-state index contributed by atoms with van der Waals surface area (Å²) in [6.45, 7) is 9.87. The van der Waals surface area contributed by atoms with Crippen LogP contribution in [0.4, 0.5) is 5.82 Å². The molecule has 2 aromatic heterocycles. The molecule has 3 aliphatic rings. The average molecular weight is 634 g/mol. The minimum absolute atomic E-state index is 0.0542. The standard InChI is InChI=1S/C38H47N7O2/c1-38(2)20-34(45-16-14-43(3)15-17-45)30-13-12-27(19-32(30)38)26-10-8-25(9-11-26)24-47-35-7-5-6-33(35)42-37(46)31-18-28(21-40-36(31)39)29-22-41-44(4)23-29/h8-13,18-19,21-23,33-35H,5-7,14-17,20,24H2,1-4H3,(H2,39,40)(H,42,46)/t33-,34?,35-/m0/s1. The number of piperazine rings is 1. The van der Waals surface area contributed by atoms with Gasteiger partial charge in [0, 0.05) is 62.8 Å². The van der Waals surface area contributed by atoms with Gasteiger partial charge in [-0.1, -0.05) is 56.3 Å². The highest BCUT2D eigenvalue weighted by molar-refractivity contribution is 5.99. The van der Waals surface area contributed by atoms with Crippen molar-refractivity contribution < 1.29 is 9.53 Å². The van der Waals surface area contributed by atoms with Gasteiger partial charge in [0.05, 0.1) is 30.5 Å². The van der Waals surface area contributed by atoms with Crippen molar-refractivity contribution in [3.63, 3.8) is 0 Å². The molecule has 1 saturated carbocycles. The molecule has 9 heteroatoms. The summed E-state index contributed by atoms with van der Waals surface area (Å²) in [6.07, 6.45) is 9.21. The third kappa shape index (κ3) is 6.57. The van der Waals surface area contributed by atoms with Crippen LogP contribution in [0.2, 0.25) is 0 Å². The number of nitrogen functional groups attached to an aromatic ring is 1. The second kappa shape index (κ2) is 12.9. The zero-order valence-corrected chi connectivity index (χ0v) is 28.1.